The second-order valence-corrected chi connectivity index (χ2v) is 9.54. The number of ether oxygens (including phenoxy) is 2. The van der Waals surface area contributed by atoms with Gasteiger partial charge in [0.15, 0.2) is 0 Å². The standard InChI is InChI=1S/C28H33N5O3/c1-19(26-12-13-29-31-26)5-4-14-36-25-10-11-27-21(15-25)6-7-22(30-27)16-33-23-8-9-24(33)18-32(17-23)28(34)20(2)35-3/h4-7,10-13,15,20,23-24H,1,8-9,14,16-18H2,2-3H3,(H,29,31)/b5-4-/t20-,23?,24?/m1/s1. The molecule has 0 radical (unpaired) electrons. The van der Waals surface area contributed by atoms with E-state index < -0.39 is 0 Å². The molecule has 36 heavy (non-hydrogen) atoms. The number of fused-ring (bicyclic) bond motifs is 3. The summed E-state index contributed by atoms with van der Waals surface area (Å²) < 4.78 is 11.1. The predicted molar refractivity (Wildman–Crippen MR) is 139 cm³/mol. The molecule has 2 aromatic heterocycles. The van der Waals surface area contributed by atoms with Gasteiger partial charge in [-0.25, -0.2) is 0 Å². The minimum Gasteiger partial charge on any atom is -0.490 e. The van der Waals surface area contributed by atoms with Gasteiger partial charge in [0.05, 0.1) is 16.9 Å². The van der Waals surface area contributed by atoms with Gasteiger partial charge in [0, 0.05) is 50.4 Å². The molecule has 0 saturated carbocycles. The lowest BCUT2D eigenvalue weighted by Crippen LogP contribution is -2.56. The lowest BCUT2D eigenvalue weighted by atomic mass is 10.1. The molecule has 2 aliphatic heterocycles. The largest absolute Gasteiger partial charge is 0.490 e. The minimum atomic E-state index is -0.385. The van der Waals surface area contributed by atoms with E-state index in [1.54, 1.807) is 13.3 Å². The molecule has 1 N–H and O–H groups in total. The van der Waals surface area contributed by atoms with Crippen molar-refractivity contribution in [1.29, 1.82) is 0 Å². The second-order valence-electron chi connectivity index (χ2n) is 9.54. The third-order valence-corrected chi connectivity index (χ3v) is 7.22. The Kier molecular flexibility index (Phi) is 7.16. The van der Waals surface area contributed by atoms with Crippen LogP contribution in [0.1, 0.15) is 31.2 Å². The number of aromatic amines is 1. The van der Waals surface area contributed by atoms with E-state index in [-0.39, 0.29) is 12.0 Å². The molecule has 1 amide bonds. The molecule has 3 aromatic rings. The van der Waals surface area contributed by atoms with E-state index in [1.165, 1.54) is 0 Å². The van der Waals surface area contributed by atoms with Gasteiger partial charge in [-0.15, -0.1) is 0 Å². The number of amides is 1. The average Bonchev–Trinajstić information content (AvgIpc) is 3.51. The van der Waals surface area contributed by atoms with Crippen LogP contribution in [0.4, 0.5) is 0 Å². The van der Waals surface area contributed by atoms with Gasteiger partial charge >= 0.3 is 0 Å². The van der Waals surface area contributed by atoms with E-state index in [9.17, 15) is 4.79 Å². The van der Waals surface area contributed by atoms with Crippen LogP contribution in [-0.4, -0.2) is 75.9 Å². The van der Waals surface area contributed by atoms with E-state index in [1.807, 2.05) is 48.2 Å². The van der Waals surface area contributed by atoms with Crippen LogP contribution in [0.5, 0.6) is 5.75 Å². The van der Waals surface area contributed by atoms with Crippen molar-refractivity contribution < 1.29 is 14.3 Å². The molecule has 4 heterocycles. The molecule has 2 saturated heterocycles. The Bertz CT molecular complexity index is 1240. The molecule has 188 valence electrons. The minimum absolute atomic E-state index is 0.0918. The second kappa shape index (κ2) is 10.6. The third-order valence-electron chi connectivity index (χ3n) is 7.22. The number of carbonyl (C=O) groups is 1. The number of methoxy groups -OCH3 is 1. The van der Waals surface area contributed by atoms with Crippen LogP contribution in [0.2, 0.25) is 0 Å². The number of nitrogens with zero attached hydrogens (tertiary/aromatic N) is 4. The molecule has 2 unspecified atom stereocenters. The summed E-state index contributed by atoms with van der Waals surface area (Å²) in [7, 11) is 1.59. The van der Waals surface area contributed by atoms with E-state index >= 15 is 0 Å². The quantitative estimate of drug-likeness (QED) is 0.462. The maximum absolute atomic E-state index is 12.6. The van der Waals surface area contributed by atoms with Crippen molar-refractivity contribution in [2.45, 2.75) is 44.5 Å². The van der Waals surface area contributed by atoms with Gasteiger partial charge in [0.2, 0.25) is 0 Å². The van der Waals surface area contributed by atoms with Gasteiger partial charge in [-0.05, 0) is 61.7 Å². The van der Waals surface area contributed by atoms with E-state index in [2.05, 4.69) is 33.8 Å². The summed E-state index contributed by atoms with van der Waals surface area (Å²) in [5.74, 6) is 0.895. The van der Waals surface area contributed by atoms with Gasteiger partial charge in [-0.3, -0.25) is 19.8 Å². The van der Waals surface area contributed by atoms with Crippen molar-refractivity contribution in [3.63, 3.8) is 0 Å². The molecule has 1 aromatic carbocycles. The summed E-state index contributed by atoms with van der Waals surface area (Å²) in [4.78, 5) is 22.0. The maximum atomic E-state index is 12.6. The highest BCUT2D eigenvalue weighted by molar-refractivity contribution is 5.81. The Hall–Kier alpha value is -3.49. The third kappa shape index (κ3) is 5.20. The number of piperazine rings is 1. The number of carbonyl (C=O) groups excluding carboxylic acids is 1. The van der Waals surface area contributed by atoms with Gasteiger partial charge in [-0.2, -0.15) is 5.10 Å². The fourth-order valence-corrected chi connectivity index (χ4v) is 5.16. The van der Waals surface area contributed by atoms with Crippen molar-refractivity contribution >= 4 is 22.4 Å². The number of nitrogens with one attached hydrogen (secondary N) is 1. The number of rotatable bonds is 9. The summed E-state index contributed by atoms with van der Waals surface area (Å²) in [6, 6.07) is 12.8. The first-order valence-electron chi connectivity index (χ1n) is 12.5. The average molecular weight is 488 g/mol. The first kappa shape index (κ1) is 24.2. The summed E-state index contributed by atoms with van der Waals surface area (Å²) >= 11 is 0. The van der Waals surface area contributed by atoms with Gasteiger partial charge in [-0.1, -0.05) is 18.7 Å². The van der Waals surface area contributed by atoms with Crippen LogP contribution < -0.4 is 4.74 Å². The highest BCUT2D eigenvalue weighted by Crippen LogP contribution is 2.32. The molecular formula is C28H33N5O3. The van der Waals surface area contributed by atoms with Gasteiger partial charge in [0.1, 0.15) is 18.5 Å². The number of allylic oxidation sites excluding steroid dienone is 2. The summed E-state index contributed by atoms with van der Waals surface area (Å²) in [5.41, 5.74) is 3.76. The number of hydrogen-bond donors (Lipinski definition) is 1. The Morgan fingerprint density at radius 2 is 2.03 bits per heavy atom. The number of benzene rings is 1. The summed E-state index contributed by atoms with van der Waals surface area (Å²) in [6.07, 6.45) is 7.41. The lowest BCUT2D eigenvalue weighted by molar-refractivity contribution is -0.144. The number of aromatic nitrogens is 3. The van der Waals surface area contributed by atoms with Gasteiger partial charge < -0.3 is 14.4 Å². The molecule has 0 spiro atoms. The van der Waals surface area contributed by atoms with Crippen molar-refractivity contribution in [2.24, 2.45) is 0 Å². The van der Waals surface area contributed by atoms with E-state index in [0.717, 1.165) is 66.1 Å². The molecule has 5 rings (SSSR count). The first-order valence-corrected chi connectivity index (χ1v) is 12.5. The van der Waals surface area contributed by atoms with Crippen molar-refractivity contribution in [3.8, 4) is 5.75 Å². The predicted octanol–water partition coefficient (Wildman–Crippen LogP) is 3.82. The number of pyridine rings is 1. The molecule has 0 aliphatic carbocycles. The molecule has 2 bridgehead atoms. The monoisotopic (exact) mass is 487 g/mol. The Morgan fingerprint density at radius 1 is 1.22 bits per heavy atom. The lowest BCUT2D eigenvalue weighted by Gasteiger charge is -2.41. The smallest absolute Gasteiger partial charge is 0.251 e. The SMILES string of the molecule is C=C(/C=C\COc1ccc2nc(CN3C4CCC3CN(C(=O)[C@@H](C)OC)C4)ccc2c1)c1ccn[nH]1. The highest BCUT2D eigenvalue weighted by atomic mass is 16.5. The van der Waals surface area contributed by atoms with Crippen molar-refractivity contribution in [1.82, 2.24) is 25.0 Å². The van der Waals surface area contributed by atoms with Crippen LogP contribution in [0.25, 0.3) is 16.5 Å². The zero-order valence-electron chi connectivity index (χ0n) is 20.9. The Labute approximate surface area is 211 Å². The van der Waals surface area contributed by atoms with Crippen LogP contribution >= 0.6 is 0 Å². The normalized spacial score (nSPS) is 20.8. The molecule has 3 atom stereocenters. The van der Waals surface area contributed by atoms with E-state index in [4.69, 9.17) is 14.5 Å². The zero-order valence-corrected chi connectivity index (χ0v) is 20.9. The topological polar surface area (TPSA) is 83.6 Å². The molecule has 8 nitrogen and oxygen atoms in total. The van der Waals surface area contributed by atoms with Crippen molar-refractivity contribution in [2.75, 3.05) is 26.8 Å². The fraction of sp³-hybridized carbons (Fsp3) is 0.393. The molecule has 8 heteroatoms. The Morgan fingerprint density at radius 3 is 2.75 bits per heavy atom. The zero-order chi connectivity index (χ0) is 25.1. The highest BCUT2D eigenvalue weighted by Gasteiger charge is 2.42. The van der Waals surface area contributed by atoms with Crippen LogP contribution in [0.15, 0.2) is 61.3 Å². The fourth-order valence-electron chi connectivity index (χ4n) is 5.16. The van der Waals surface area contributed by atoms with E-state index in [0.29, 0.717) is 18.7 Å². The van der Waals surface area contributed by atoms with Crippen LogP contribution in [-0.2, 0) is 16.1 Å². The van der Waals surface area contributed by atoms with Crippen molar-refractivity contribution in [3.05, 3.63) is 72.7 Å². The molecule has 2 fully saturated rings. The Balaban J connectivity index is 1.18. The number of hydrogen-bond acceptors (Lipinski definition) is 6. The first-order chi connectivity index (χ1) is 17.5. The van der Waals surface area contributed by atoms with Gasteiger partial charge in [0.25, 0.3) is 5.91 Å². The van der Waals surface area contributed by atoms with Crippen LogP contribution in [0.3, 0.4) is 0 Å². The molecular weight excluding hydrogens is 454 g/mol. The molecule has 2 aliphatic rings. The summed E-state index contributed by atoms with van der Waals surface area (Å²) in [5, 5.41) is 7.88. The number of likely N-dealkylation sites (tertiary alicyclic amines) is 1. The summed E-state index contributed by atoms with van der Waals surface area (Å²) in [6.45, 7) is 8.62. The maximum Gasteiger partial charge on any atom is 0.251 e. The number of H-pyrrole nitrogens is 1. The van der Waals surface area contributed by atoms with Crippen LogP contribution in [0, 0.1) is 0 Å².